The van der Waals surface area contributed by atoms with Crippen LogP contribution < -0.4 is 5.32 Å². The van der Waals surface area contributed by atoms with E-state index >= 15 is 0 Å². The summed E-state index contributed by atoms with van der Waals surface area (Å²) >= 11 is 1.85. The van der Waals surface area contributed by atoms with Crippen LogP contribution in [-0.4, -0.2) is 11.5 Å². The smallest absolute Gasteiger partial charge is 0.0981 e. The van der Waals surface area contributed by atoms with Gasteiger partial charge in [0, 0.05) is 23.0 Å². The molecule has 2 unspecified atom stereocenters. The van der Waals surface area contributed by atoms with Gasteiger partial charge in [-0.25, -0.2) is 4.98 Å². The van der Waals surface area contributed by atoms with E-state index in [0.29, 0.717) is 0 Å². The average Bonchev–Trinajstić information content (AvgIpc) is 2.80. The Hall–Kier alpha value is -0.410. The standard InChI is InChI=1S/C16H28N2S/c1-12-7-5-6-8-13(12)9-17-10-14-11-18-15(19-14)16(2,3)4/h11-13,17H,5-10H2,1-4H3. The molecule has 0 aromatic carbocycles. The summed E-state index contributed by atoms with van der Waals surface area (Å²) in [5, 5.41) is 4.88. The summed E-state index contributed by atoms with van der Waals surface area (Å²) in [6.45, 7) is 11.3. The maximum absolute atomic E-state index is 4.55. The SMILES string of the molecule is CC1CCCCC1CNCc1cnc(C(C)(C)C)s1. The monoisotopic (exact) mass is 280 g/mol. The molecule has 1 fully saturated rings. The zero-order chi connectivity index (χ0) is 13.9. The molecule has 1 heterocycles. The Morgan fingerprint density at radius 3 is 2.68 bits per heavy atom. The summed E-state index contributed by atoms with van der Waals surface area (Å²) in [5.41, 5.74) is 0.181. The first kappa shape index (κ1) is 15.0. The van der Waals surface area contributed by atoms with Crippen molar-refractivity contribution in [2.75, 3.05) is 6.54 Å². The molecule has 0 aliphatic heterocycles. The summed E-state index contributed by atoms with van der Waals surface area (Å²) in [6, 6.07) is 0. The van der Waals surface area contributed by atoms with Crippen molar-refractivity contribution < 1.29 is 0 Å². The highest BCUT2D eigenvalue weighted by molar-refractivity contribution is 7.11. The van der Waals surface area contributed by atoms with Crippen LogP contribution in [0.25, 0.3) is 0 Å². The topological polar surface area (TPSA) is 24.9 Å². The van der Waals surface area contributed by atoms with Gasteiger partial charge >= 0.3 is 0 Å². The molecule has 1 aliphatic rings. The van der Waals surface area contributed by atoms with Gasteiger partial charge in [-0.2, -0.15) is 0 Å². The fourth-order valence-corrected chi connectivity index (χ4v) is 3.75. The quantitative estimate of drug-likeness (QED) is 0.886. The molecular weight excluding hydrogens is 252 g/mol. The van der Waals surface area contributed by atoms with E-state index < -0.39 is 0 Å². The van der Waals surface area contributed by atoms with E-state index in [2.05, 4.69) is 38.0 Å². The lowest BCUT2D eigenvalue weighted by Crippen LogP contribution is -2.28. The molecule has 0 bridgehead atoms. The maximum atomic E-state index is 4.55. The number of thiazole rings is 1. The van der Waals surface area contributed by atoms with Crippen molar-refractivity contribution in [1.29, 1.82) is 0 Å². The predicted octanol–water partition coefficient (Wildman–Crippen LogP) is 4.36. The van der Waals surface area contributed by atoms with E-state index in [0.717, 1.165) is 18.4 Å². The molecule has 0 spiro atoms. The van der Waals surface area contributed by atoms with Crippen LogP contribution in [0.4, 0.5) is 0 Å². The van der Waals surface area contributed by atoms with Crippen molar-refractivity contribution in [3.63, 3.8) is 0 Å². The van der Waals surface area contributed by atoms with Crippen molar-refractivity contribution in [2.24, 2.45) is 11.8 Å². The molecule has 108 valence electrons. The highest BCUT2D eigenvalue weighted by Crippen LogP contribution is 2.29. The number of aromatic nitrogens is 1. The third-order valence-corrected chi connectivity index (χ3v) is 5.61. The zero-order valence-corrected chi connectivity index (χ0v) is 13.6. The van der Waals surface area contributed by atoms with E-state index in [1.165, 1.54) is 42.1 Å². The molecule has 19 heavy (non-hydrogen) atoms. The molecular formula is C16H28N2S. The van der Waals surface area contributed by atoms with Crippen LogP contribution in [0.2, 0.25) is 0 Å². The largest absolute Gasteiger partial charge is 0.312 e. The molecule has 0 radical (unpaired) electrons. The van der Waals surface area contributed by atoms with Gasteiger partial charge in [-0.3, -0.25) is 0 Å². The van der Waals surface area contributed by atoms with E-state index in [9.17, 15) is 0 Å². The van der Waals surface area contributed by atoms with Crippen LogP contribution in [0.3, 0.4) is 0 Å². The minimum Gasteiger partial charge on any atom is -0.312 e. The van der Waals surface area contributed by atoms with Crippen LogP contribution in [-0.2, 0) is 12.0 Å². The van der Waals surface area contributed by atoms with Crippen molar-refractivity contribution in [2.45, 2.75) is 65.3 Å². The molecule has 2 atom stereocenters. The number of nitrogens with one attached hydrogen (secondary N) is 1. The molecule has 0 amide bonds. The lowest BCUT2D eigenvalue weighted by atomic mass is 9.80. The van der Waals surface area contributed by atoms with Gasteiger partial charge in [-0.05, 0) is 24.8 Å². The third-order valence-electron chi connectivity index (χ3n) is 4.19. The van der Waals surface area contributed by atoms with Gasteiger partial charge in [0.2, 0.25) is 0 Å². The Balaban J connectivity index is 1.78. The lowest BCUT2D eigenvalue weighted by Gasteiger charge is -2.28. The van der Waals surface area contributed by atoms with Gasteiger partial charge in [-0.1, -0.05) is 47.0 Å². The normalized spacial score (nSPS) is 24.6. The number of rotatable bonds is 4. The van der Waals surface area contributed by atoms with Crippen molar-refractivity contribution in [3.8, 4) is 0 Å². The van der Waals surface area contributed by atoms with Gasteiger partial charge in [-0.15, -0.1) is 11.3 Å². The minimum absolute atomic E-state index is 0.181. The first-order valence-corrected chi connectivity index (χ1v) is 8.44. The van der Waals surface area contributed by atoms with Gasteiger partial charge < -0.3 is 5.32 Å². The van der Waals surface area contributed by atoms with Crippen LogP contribution in [0, 0.1) is 11.8 Å². The van der Waals surface area contributed by atoms with Gasteiger partial charge in [0.05, 0.1) is 5.01 Å². The average molecular weight is 280 g/mol. The number of nitrogens with zero attached hydrogens (tertiary/aromatic N) is 1. The Morgan fingerprint density at radius 2 is 2.05 bits per heavy atom. The Labute approximate surface area is 122 Å². The minimum atomic E-state index is 0.181. The Kier molecular flexibility index (Phi) is 5.02. The molecule has 1 aromatic rings. The van der Waals surface area contributed by atoms with Crippen molar-refractivity contribution in [1.82, 2.24) is 10.3 Å². The summed E-state index contributed by atoms with van der Waals surface area (Å²) in [4.78, 5) is 5.92. The van der Waals surface area contributed by atoms with E-state index in [-0.39, 0.29) is 5.41 Å². The third kappa shape index (κ3) is 4.28. The lowest BCUT2D eigenvalue weighted by molar-refractivity contribution is 0.248. The summed E-state index contributed by atoms with van der Waals surface area (Å²) in [5.74, 6) is 1.77. The van der Waals surface area contributed by atoms with E-state index in [4.69, 9.17) is 0 Å². The van der Waals surface area contributed by atoms with E-state index in [1.54, 1.807) is 0 Å². The molecule has 1 aromatic heterocycles. The molecule has 2 rings (SSSR count). The van der Waals surface area contributed by atoms with Gasteiger partial charge in [0.25, 0.3) is 0 Å². The van der Waals surface area contributed by atoms with Crippen LogP contribution >= 0.6 is 11.3 Å². The van der Waals surface area contributed by atoms with Gasteiger partial charge in [0.1, 0.15) is 0 Å². The fraction of sp³-hybridized carbons (Fsp3) is 0.812. The van der Waals surface area contributed by atoms with Gasteiger partial charge in [0.15, 0.2) is 0 Å². The summed E-state index contributed by atoms with van der Waals surface area (Å²) in [6.07, 6.45) is 7.72. The highest BCUT2D eigenvalue weighted by Gasteiger charge is 2.21. The first-order chi connectivity index (χ1) is 8.97. The second kappa shape index (κ2) is 6.36. The Bertz CT molecular complexity index is 392. The van der Waals surface area contributed by atoms with Crippen molar-refractivity contribution in [3.05, 3.63) is 16.1 Å². The highest BCUT2D eigenvalue weighted by atomic mass is 32.1. The summed E-state index contributed by atoms with van der Waals surface area (Å²) in [7, 11) is 0. The maximum Gasteiger partial charge on any atom is 0.0981 e. The molecule has 1 N–H and O–H groups in total. The molecule has 1 aliphatic carbocycles. The van der Waals surface area contributed by atoms with Crippen LogP contribution in [0.15, 0.2) is 6.20 Å². The molecule has 3 heteroatoms. The van der Waals surface area contributed by atoms with Crippen LogP contribution in [0.1, 0.15) is 63.3 Å². The van der Waals surface area contributed by atoms with Crippen LogP contribution in [0.5, 0.6) is 0 Å². The summed E-state index contributed by atoms with van der Waals surface area (Å²) < 4.78 is 0. The predicted molar refractivity (Wildman–Crippen MR) is 83.6 cm³/mol. The number of hydrogen-bond donors (Lipinski definition) is 1. The van der Waals surface area contributed by atoms with Crippen molar-refractivity contribution >= 4 is 11.3 Å². The second-order valence-electron chi connectivity index (χ2n) is 7.03. The Morgan fingerprint density at radius 1 is 1.32 bits per heavy atom. The second-order valence-corrected chi connectivity index (χ2v) is 8.15. The molecule has 2 nitrogen and oxygen atoms in total. The van der Waals surface area contributed by atoms with E-state index in [1.807, 2.05) is 17.5 Å². The fourth-order valence-electron chi connectivity index (χ4n) is 2.81. The molecule has 1 saturated carbocycles. The zero-order valence-electron chi connectivity index (χ0n) is 12.8. The number of hydrogen-bond acceptors (Lipinski definition) is 3. The molecule has 0 saturated heterocycles. The first-order valence-electron chi connectivity index (χ1n) is 7.62.